The van der Waals surface area contributed by atoms with Crippen molar-refractivity contribution in [1.82, 2.24) is 6.55 Å². The van der Waals surface area contributed by atoms with Gasteiger partial charge in [0.25, 0.3) is 20.2 Å². The van der Waals surface area contributed by atoms with Crippen LogP contribution in [0.4, 0.5) is 34.4 Å². The molecule has 523 valence electrons. The fourth-order valence-electron chi connectivity index (χ4n) is 14.4. The third-order valence-corrected chi connectivity index (χ3v) is 21.9. The molecule has 8 aliphatic heterocycles. The molecule has 0 spiro atoms. The SMILES string of the molecule is CS(=O)(=O)O.CS(=O)(=O)O.CSOOO.CSOOO.O.c1ccc2c(c1)CCN(c1cccc3c1C1=NC3=Nc3c4c(N5CCc6ccccc6C5)cccc4c4[n]3[Ga][n]3c(c5cccc(N6CCc7ccccc7C6)c5c3=NC3=NC(=N4)c4c3cccc4N3CCc4ccccc4C3)=N1)C2. The summed E-state index contributed by atoms with van der Waals surface area (Å²) in [6, 6.07) is 62.6. The summed E-state index contributed by atoms with van der Waals surface area (Å²) in [5, 5.41) is 25.2. The normalized spacial score (nSPS) is 15.5. The van der Waals surface area contributed by atoms with E-state index in [1.165, 1.54) is 44.5 Å². The van der Waals surface area contributed by atoms with Crippen LogP contribution in [0.2, 0.25) is 0 Å². The molecule has 6 N–H and O–H groups in total. The second-order valence-corrected chi connectivity index (χ2v) is 31.3. The molecule has 0 fully saturated rings. The molecule has 0 aliphatic carbocycles. The number of hydrogen-bond acceptors (Lipinski definition) is 22. The molecule has 0 amide bonds. The Morgan fingerprint density at radius 3 is 1.16 bits per heavy atom. The van der Waals surface area contributed by atoms with E-state index >= 15 is 0 Å². The van der Waals surface area contributed by atoms with Gasteiger partial charge >= 0.3 is 479 Å². The van der Waals surface area contributed by atoms with Gasteiger partial charge in [-0.2, -0.15) is 16.8 Å². The molecule has 1 radical (unpaired) electrons. The molecular weight excluding hydrogens is 1440 g/mol. The third kappa shape index (κ3) is 14.9. The van der Waals surface area contributed by atoms with Crippen molar-refractivity contribution in [3.8, 4) is 0 Å². The summed E-state index contributed by atoms with van der Waals surface area (Å²) in [5.41, 5.74) is 21.4. The molecule has 30 heteroatoms. The number of hydrogen-bond donors (Lipinski definition) is 4. The molecule has 0 saturated heterocycles. The summed E-state index contributed by atoms with van der Waals surface area (Å²) in [7, 11) is -7.33. The van der Waals surface area contributed by atoms with Crippen molar-refractivity contribution in [2.75, 3.05) is 70.8 Å². The number of nitrogens with zero attached hydrogens (tertiary/aromatic N) is 12. The zero-order valence-corrected chi connectivity index (χ0v) is 61.5. The molecule has 2 aromatic heterocycles. The Kier molecular flexibility index (Phi) is 21.5. The first-order chi connectivity index (χ1) is 48.9. The molecule has 10 aromatic rings. The van der Waals surface area contributed by atoms with E-state index in [4.69, 9.17) is 49.6 Å². The van der Waals surface area contributed by atoms with Crippen LogP contribution in [0.3, 0.4) is 0 Å². The predicted molar refractivity (Wildman–Crippen MR) is 401 cm³/mol. The van der Waals surface area contributed by atoms with Gasteiger partial charge in [0.1, 0.15) is 0 Å². The Balaban J connectivity index is 0.000000393. The number of rotatable bonds is 8. The summed E-state index contributed by atoms with van der Waals surface area (Å²) in [6.45, 7) is 6.76. The van der Waals surface area contributed by atoms with Crippen LogP contribution in [0.5, 0.6) is 0 Å². The van der Waals surface area contributed by atoms with Gasteiger partial charge in [0.2, 0.25) is 0 Å². The maximum absolute atomic E-state index is 9.19. The molecule has 10 heterocycles. The molecule has 6 bridgehead atoms. The first-order valence-corrected chi connectivity index (χ1v) is 40.5. The van der Waals surface area contributed by atoms with Crippen molar-refractivity contribution in [2.24, 2.45) is 30.0 Å². The van der Waals surface area contributed by atoms with E-state index in [1.54, 1.807) is 12.5 Å². The van der Waals surface area contributed by atoms with E-state index in [0.717, 1.165) is 191 Å². The van der Waals surface area contributed by atoms with Gasteiger partial charge in [-0.1, -0.05) is 10.1 Å². The topological polar surface area (TPSA) is 315 Å². The van der Waals surface area contributed by atoms with Crippen LogP contribution < -0.4 is 30.6 Å². The van der Waals surface area contributed by atoms with Crippen LogP contribution in [0.25, 0.3) is 21.5 Å². The molecule has 102 heavy (non-hydrogen) atoms. The van der Waals surface area contributed by atoms with Gasteiger partial charge in [-0.15, -0.1) is 8.67 Å². The van der Waals surface area contributed by atoms with Crippen LogP contribution in [0.15, 0.2) is 200 Å². The summed E-state index contributed by atoms with van der Waals surface area (Å²) in [5.74, 6) is 4.44. The zero-order valence-electron chi connectivity index (χ0n) is 55.8. The van der Waals surface area contributed by atoms with Crippen molar-refractivity contribution in [3.63, 3.8) is 0 Å². The number of anilines is 4. The van der Waals surface area contributed by atoms with E-state index in [1.807, 2.05) is 0 Å². The maximum atomic E-state index is 9.19. The Morgan fingerprint density at radius 1 is 0.392 bits per heavy atom. The van der Waals surface area contributed by atoms with Gasteiger partial charge in [0.15, 0.2) is 0 Å². The fourth-order valence-corrected chi connectivity index (χ4v) is 17.5. The van der Waals surface area contributed by atoms with Gasteiger partial charge in [-0.05, 0) is 0 Å². The molecule has 0 saturated carbocycles. The van der Waals surface area contributed by atoms with Gasteiger partial charge < -0.3 is 5.48 Å². The standard InChI is InChI=1S/C68H52N12.4CH4O3S.Ga.H2O/c1-5-17-45-37-77(33-29-41(45)13-1)53-25-9-21-49-57(53)65-69-61(49)74-66-59-51(23-11-27-55(59)79-35-31-43-15-3-7-19-47(43)39-79)63(71-66)76-68-60-52(24-12-28-56(60)80-36-32-44-16-4-8-20-48(44)40-80)64(72-68)75-67-58-50(62(70-67)73-65)22-10-26-54(58)78-34-30-42-14-2-6-18-46(42)38-78;2*1-5(2,3)4;2*1-5-4-3-2;;/h1-28H,29-40H2;2*1H3,(H,2,3,4);2*2H,1H3;;1H2/q-2;;;;;+2;. The third-order valence-electron chi connectivity index (χ3n) is 18.5. The van der Waals surface area contributed by atoms with Gasteiger partial charge in [0, 0.05) is 36.6 Å². The van der Waals surface area contributed by atoms with Gasteiger partial charge in [0.05, 0.1) is 12.5 Å². The second kappa shape index (κ2) is 30.6. The van der Waals surface area contributed by atoms with Crippen molar-refractivity contribution < 1.29 is 60.7 Å². The number of aromatic nitrogens is 2. The van der Waals surface area contributed by atoms with E-state index < -0.39 is 38.1 Å². The van der Waals surface area contributed by atoms with E-state index in [9.17, 15) is 16.8 Å². The van der Waals surface area contributed by atoms with Crippen LogP contribution in [0.1, 0.15) is 66.8 Å². The average molecular weight is 1510 g/mol. The Bertz CT molecular complexity index is 5360. The number of aliphatic imine (C=N–C) groups is 4. The number of amidine groups is 4. The van der Waals surface area contributed by atoms with Crippen molar-refractivity contribution in [3.05, 3.63) is 248 Å². The Morgan fingerprint density at radius 2 is 0.735 bits per heavy atom. The molecular formula is C72H70GaN12O13S4. The van der Waals surface area contributed by atoms with Crippen LogP contribution in [-0.4, -0.2) is 141 Å². The van der Waals surface area contributed by atoms with Crippen LogP contribution in [0, 0.1) is 0 Å². The molecule has 0 unspecified atom stereocenters. The molecule has 8 aromatic carbocycles. The van der Waals surface area contributed by atoms with Gasteiger partial charge in [-0.25, -0.2) is 10.5 Å². The molecule has 8 aliphatic rings. The summed E-state index contributed by atoms with van der Waals surface area (Å²) < 4.78 is 64.3. The van der Waals surface area contributed by atoms with Gasteiger partial charge in [-0.3, -0.25) is 9.11 Å². The molecule has 25 nitrogen and oxygen atoms in total. The van der Waals surface area contributed by atoms with Crippen molar-refractivity contribution in [1.29, 1.82) is 0 Å². The van der Waals surface area contributed by atoms with Crippen LogP contribution >= 0.6 is 24.1 Å². The number of benzene rings is 8. The van der Waals surface area contributed by atoms with Crippen molar-refractivity contribution >= 4 is 141 Å². The first-order valence-electron chi connectivity index (χ1n) is 32.3. The summed E-state index contributed by atoms with van der Waals surface area (Å²) in [6.07, 6.45) is 8.53. The Hall–Kier alpha value is -8.80. The van der Waals surface area contributed by atoms with Crippen molar-refractivity contribution in [2.45, 2.75) is 51.9 Å². The van der Waals surface area contributed by atoms with E-state index in [2.05, 4.69) is 215 Å². The predicted octanol–water partition coefficient (Wildman–Crippen LogP) is 10.3. The van der Waals surface area contributed by atoms with E-state index in [-0.39, 0.29) is 5.48 Å². The minimum atomic E-state index is -3.67. The summed E-state index contributed by atoms with van der Waals surface area (Å²) >= 11 is -0.109. The van der Waals surface area contributed by atoms with E-state index in [0.29, 0.717) is 35.9 Å². The number of fused-ring (bicyclic) bond motifs is 18. The minimum absolute atomic E-state index is 0. The Labute approximate surface area is 604 Å². The quantitative estimate of drug-likeness (QED) is 0.0361. The molecule has 18 rings (SSSR count). The van der Waals surface area contributed by atoms with Crippen LogP contribution in [-0.2, 0) is 90.8 Å². The average Bonchev–Trinajstić information content (AvgIpc) is 1.55. The monoisotopic (exact) mass is 1510 g/mol. The zero-order chi connectivity index (χ0) is 70.1. The first kappa shape index (κ1) is 71.6. The second-order valence-electron chi connectivity index (χ2n) is 24.8. The summed E-state index contributed by atoms with van der Waals surface area (Å²) in [4.78, 5) is 45.2. The fraction of sp³-hybridized carbons (Fsp3) is 0.222. The molecule has 0 atom stereocenters.